The minimum absolute atomic E-state index is 0.0893. The Morgan fingerprint density at radius 2 is 1.12 bits per heavy atom. The lowest BCUT2D eigenvalue weighted by atomic mass is 10.2. The molecule has 0 aliphatic carbocycles. The first kappa shape index (κ1) is 36.9. The van der Waals surface area contributed by atoms with Gasteiger partial charge in [0.1, 0.15) is 11.2 Å². The molecule has 0 aromatic rings. The number of ether oxygens (including phenoxy) is 2. The number of rotatable bonds is 16. The monoisotopic (exact) mass is 644 g/mol. The molecule has 34 heavy (non-hydrogen) atoms. The highest BCUT2D eigenvalue weighted by Gasteiger charge is 2.16. The summed E-state index contributed by atoms with van der Waals surface area (Å²) in [5.41, 5.74) is -0.781. The van der Waals surface area contributed by atoms with Crippen molar-refractivity contribution >= 4 is 81.2 Å². The molecule has 0 unspecified atom stereocenters. The fourth-order valence-electron chi connectivity index (χ4n) is 1.82. The van der Waals surface area contributed by atoms with E-state index in [4.69, 9.17) is 9.47 Å². The summed E-state index contributed by atoms with van der Waals surface area (Å²) >= 11 is 3.37. The minimum Gasteiger partial charge on any atom is -0.460 e. The van der Waals surface area contributed by atoms with E-state index in [1.54, 1.807) is 10.8 Å². The van der Waals surface area contributed by atoms with Gasteiger partial charge in [0.25, 0.3) is 10.1 Å². The van der Waals surface area contributed by atoms with Gasteiger partial charge in [-0.15, -0.1) is 0 Å². The summed E-state index contributed by atoms with van der Waals surface area (Å²) in [5.74, 6) is 3.27. The van der Waals surface area contributed by atoms with Crippen LogP contribution in [0.4, 0.5) is 0 Å². The summed E-state index contributed by atoms with van der Waals surface area (Å²) in [4.78, 5) is 22.7. The molecule has 0 aromatic heterocycles. The number of carbonyl (C=O) groups excluding carboxylic acids is 2. The summed E-state index contributed by atoms with van der Waals surface area (Å²) in [6, 6.07) is 0. The van der Waals surface area contributed by atoms with Crippen LogP contribution >= 0.6 is 59.1 Å². The third kappa shape index (κ3) is 34.9. The molecule has 0 N–H and O–H groups in total. The van der Waals surface area contributed by atoms with Gasteiger partial charge in [-0.1, -0.05) is 59.1 Å². The quantitative estimate of drug-likeness (QED) is 0.0618. The largest absolute Gasteiger partial charge is 0.460 e. The first-order chi connectivity index (χ1) is 15.6. The van der Waals surface area contributed by atoms with E-state index in [2.05, 4.69) is 20.1 Å². The molecule has 0 aliphatic rings. The highest BCUT2D eigenvalue weighted by atomic mass is 79.9. The van der Waals surface area contributed by atoms with Crippen LogP contribution in [0.3, 0.4) is 0 Å². The van der Waals surface area contributed by atoms with E-state index in [0.29, 0.717) is 18.6 Å². The van der Waals surface area contributed by atoms with E-state index in [9.17, 15) is 18.0 Å². The maximum Gasteiger partial charge on any atom is 0.306 e. The zero-order valence-corrected chi connectivity index (χ0v) is 27.0. The van der Waals surface area contributed by atoms with E-state index >= 15 is 0 Å². The number of hydrogen-bond donors (Lipinski definition) is 0. The van der Waals surface area contributed by atoms with E-state index in [-0.39, 0.29) is 24.1 Å². The van der Waals surface area contributed by atoms with Crippen molar-refractivity contribution in [1.29, 1.82) is 0 Å². The molecular formula is C21H41BrO7S5. The molecule has 0 spiro atoms. The molecular weight excluding hydrogens is 604 g/mol. The van der Waals surface area contributed by atoms with E-state index in [0.717, 1.165) is 41.7 Å². The highest BCUT2D eigenvalue weighted by molar-refractivity contribution is 9.09. The van der Waals surface area contributed by atoms with Gasteiger partial charge in [-0.05, 0) is 54.4 Å². The molecule has 0 aromatic carbocycles. The predicted octanol–water partition coefficient (Wildman–Crippen LogP) is 6.35. The van der Waals surface area contributed by atoms with Gasteiger partial charge in [0.15, 0.2) is 0 Å². The standard InChI is InChI=1S/C11H22O5S3.C10H19BrO2S2/c1-11(2,3)16-10(12)6-5-8-17-18-9-7-15-19(4,13)14;1-10(2,3)13-9(12)5-4-7-14-15-8-6-11/h5-9H2,1-4H3;4-8H2,1-3H3. The van der Waals surface area contributed by atoms with Crippen molar-refractivity contribution in [2.75, 3.05) is 41.2 Å². The summed E-state index contributed by atoms with van der Waals surface area (Å²) < 4.78 is 36.3. The smallest absolute Gasteiger partial charge is 0.306 e. The molecule has 0 radical (unpaired) electrons. The van der Waals surface area contributed by atoms with Gasteiger partial charge in [-0.25, -0.2) is 0 Å². The molecule has 0 bridgehead atoms. The Bertz CT molecular complexity index is 647. The van der Waals surface area contributed by atoms with Crippen molar-refractivity contribution in [3.05, 3.63) is 0 Å². The highest BCUT2D eigenvalue weighted by Crippen LogP contribution is 2.23. The van der Waals surface area contributed by atoms with Gasteiger partial charge < -0.3 is 9.47 Å². The van der Waals surface area contributed by atoms with E-state index in [1.165, 1.54) is 10.8 Å². The summed E-state index contributed by atoms with van der Waals surface area (Å²) in [5, 5.41) is 1.02. The van der Waals surface area contributed by atoms with Crippen LogP contribution < -0.4 is 0 Å². The van der Waals surface area contributed by atoms with E-state index < -0.39 is 15.7 Å². The molecule has 7 nitrogen and oxygen atoms in total. The lowest BCUT2D eigenvalue weighted by Crippen LogP contribution is -2.23. The van der Waals surface area contributed by atoms with Crippen LogP contribution in [0.1, 0.15) is 67.2 Å². The maximum atomic E-state index is 11.4. The number of hydrogen-bond acceptors (Lipinski definition) is 11. The van der Waals surface area contributed by atoms with Crippen molar-refractivity contribution in [1.82, 2.24) is 0 Å². The molecule has 0 fully saturated rings. The van der Waals surface area contributed by atoms with Gasteiger partial charge in [0.05, 0.1) is 12.9 Å². The van der Waals surface area contributed by atoms with Crippen LogP contribution in [0.2, 0.25) is 0 Å². The molecule has 0 atom stereocenters. The van der Waals surface area contributed by atoms with Gasteiger partial charge in [-0.3, -0.25) is 13.8 Å². The summed E-state index contributed by atoms with van der Waals surface area (Å²) in [7, 11) is 3.45. The second kappa shape index (κ2) is 20.7. The maximum absolute atomic E-state index is 11.4. The molecule has 204 valence electrons. The predicted molar refractivity (Wildman–Crippen MR) is 155 cm³/mol. The Morgan fingerprint density at radius 1 is 0.735 bits per heavy atom. The first-order valence-corrected chi connectivity index (χ1v) is 18.8. The van der Waals surface area contributed by atoms with Crippen molar-refractivity contribution in [3.8, 4) is 0 Å². The fraction of sp³-hybridized carbons (Fsp3) is 0.905. The lowest BCUT2D eigenvalue weighted by molar-refractivity contribution is -0.155. The van der Waals surface area contributed by atoms with Crippen molar-refractivity contribution in [2.45, 2.75) is 78.4 Å². The van der Waals surface area contributed by atoms with Crippen LogP contribution in [0.15, 0.2) is 0 Å². The lowest BCUT2D eigenvalue weighted by Gasteiger charge is -2.19. The SMILES string of the molecule is CC(C)(C)OC(=O)CCCSSCCBr.CC(C)(C)OC(=O)CCCSSCCOS(C)(=O)=O. The minimum atomic E-state index is -3.33. The third-order valence-corrected chi connectivity index (χ3v) is 9.31. The van der Waals surface area contributed by atoms with Crippen LogP contribution in [0.25, 0.3) is 0 Å². The Balaban J connectivity index is 0. The molecule has 0 saturated carbocycles. The Kier molecular flexibility index (Phi) is 22.5. The molecule has 0 amide bonds. The van der Waals surface area contributed by atoms with Crippen molar-refractivity contribution in [3.63, 3.8) is 0 Å². The van der Waals surface area contributed by atoms with Crippen molar-refractivity contribution < 1.29 is 31.7 Å². The van der Waals surface area contributed by atoms with Crippen LogP contribution in [0, 0.1) is 0 Å². The zero-order valence-electron chi connectivity index (χ0n) is 21.3. The number of carbonyl (C=O) groups is 2. The molecule has 0 rings (SSSR count). The van der Waals surface area contributed by atoms with Gasteiger partial charge in [0, 0.05) is 41.2 Å². The summed E-state index contributed by atoms with van der Waals surface area (Å²) in [6.45, 7) is 11.4. The number of alkyl halides is 1. The topological polar surface area (TPSA) is 96.0 Å². The Morgan fingerprint density at radius 3 is 1.47 bits per heavy atom. The third-order valence-electron chi connectivity index (χ3n) is 2.85. The summed E-state index contributed by atoms with van der Waals surface area (Å²) in [6.07, 6.45) is 3.61. The first-order valence-electron chi connectivity index (χ1n) is 10.9. The van der Waals surface area contributed by atoms with Crippen molar-refractivity contribution in [2.24, 2.45) is 0 Å². The van der Waals surface area contributed by atoms with Crippen LogP contribution in [-0.4, -0.2) is 72.8 Å². The number of esters is 2. The van der Waals surface area contributed by atoms with Crippen LogP contribution in [0.5, 0.6) is 0 Å². The van der Waals surface area contributed by atoms with Gasteiger partial charge in [0.2, 0.25) is 0 Å². The molecule has 0 aliphatic heterocycles. The van der Waals surface area contributed by atoms with Crippen LogP contribution in [-0.2, 0) is 33.4 Å². The zero-order chi connectivity index (χ0) is 26.7. The number of halogens is 1. The second-order valence-electron chi connectivity index (χ2n) is 8.88. The average molecular weight is 646 g/mol. The van der Waals surface area contributed by atoms with Gasteiger partial charge >= 0.3 is 11.9 Å². The Hall–Kier alpha value is 0.730. The van der Waals surface area contributed by atoms with E-state index in [1.807, 2.05) is 63.1 Å². The second-order valence-corrected chi connectivity index (χ2v) is 16.7. The van der Waals surface area contributed by atoms with Gasteiger partial charge in [-0.2, -0.15) is 8.42 Å². The average Bonchev–Trinajstić information content (AvgIpc) is 2.63. The molecule has 0 saturated heterocycles. The molecule has 0 heterocycles. The molecule has 13 heteroatoms. The Labute approximate surface area is 231 Å². The normalized spacial score (nSPS) is 12.0. The fourth-order valence-corrected chi connectivity index (χ4v) is 7.23.